The zero-order valence-electron chi connectivity index (χ0n) is 11.5. The number of aromatic nitrogens is 2. The number of hydrogen-bond acceptors (Lipinski definition) is 2. The van der Waals surface area contributed by atoms with Gasteiger partial charge in [-0.2, -0.15) is 0 Å². The lowest BCUT2D eigenvalue weighted by molar-refractivity contribution is 1.08. The summed E-state index contributed by atoms with van der Waals surface area (Å²) in [5.41, 5.74) is 4.82. The second kappa shape index (κ2) is 5.29. The van der Waals surface area contributed by atoms with Crippen molar-refractivity contribution in [3.63, 3.8) is 0 Å². The normalized spacial score (nSPS) is 10.9. The molecule has 20 heavy (non-hydrogen) atoms. The van der Waals surface area contributed by atoms with Crippen LogP contribution in [0.25, 0.3) is 10.9 Å². The van der Waals surface area contributed by atoms with Gasteiger partial charge in [0.2, 0.25) is 0 Å². The number of aromatic amines is 1. The second-order valence-corrected chi connectivity index (χ2v) is 5.86. The molecule has 1 aromatic carbocycles. The molecule has 3 rings (SSSR count). The molecule has 0 saturated heterocycles. The summed E-state index contributed by atoms with van der Waals surface area (Å²) in [5, 5.41) is 4.69. The van der Waals surface area contributed by atoms with Gasteiger partial charge in [0, 0.05) is 33.8 Å². The fourth-order valence-corrected chi connectivity index (χ4v) is 2.91. The minimum atomic E-state index is 0.769. The zero-order chi connectivity index (χ0) is 14.1. The summed E-state index contributed by atoms with van der Waals surface area (Å²) >= 11 is 3.43. The van der Waals surface area contributed by atoms with Crippen molar-refractivity contribution in [1.29, 1.82) is 0 Å². The standard InChI is InChI=1S/C16H16BrN3/c1-10-7-12(17)8-18-16(10)19-9-14-11(2)20-15-6-4-3-5-13(14)15/h3-8,20H,9H2,1-2H3,(H,18,19). The molecule has 0 aliphatic rings. The van der Waals surface area contributed by atoms with E-state index in [1.54, 1.807) is 0 Å². The van der Waals surface area contributed by atoms with E-state index < -0.39 is 0 Å². The molecule has 0 saturated carbocycles. The maximum absolute atomic E-state index is 4.42. The Balaban J connectivity index is 1.88. The number of benzene rings is 1. The van der Waals surface area contributed by atoms with E-state index in [-0.39, 0.29) is 0 Å². The molecule has 0 spiro atoms. The molecule has 102 valence electrons. The van der Waals surface area contributed by atoms with Crippen LogP contribution in [-0.4, -0.2) is 9.97 Å². The zero-order valence-corrected chi connectivity index (χ0v) is 13.1. The van der Waals surface area contributed by atoms with E-state index in [1.165, 1.54) is 22.2 Å². The smallest absolute Gasteiger partial charge is 0.129 e. The van der Waals surface area contributed by atoms with E-state index in [2.05, 4.69) is 75.4 Å². The number of H-pyrrole nitrogens is 1. The van der Waals surface area contributed by atoms with Crippen LogP contribution in [0.3, 0.4) is 0 Å². The van der Waals surface area contributed by atoms with Crippen LogP contribution >= 0.6 is 15.9 Å². The second-order valence-electron chi connectivity index (χ2n) is 4.95. The molecule has 0 aliphatic heterocycles. The number of halogens is 1. The highest BCUT2D eigenvalue weighted by atomic mass is 79.9. The number of hydrogen-bond donors (Lipinski definition) is 2. The monoisotopic (exact) mass is 329 g/mol. The Labute approximate surface area is 126 Å². The van der Waals surface area contributed by atoms with Crippen LogP contribution < -0.4 is 5.32 Å². The summed E-state index contributed by atoms with van der Waals surface area (Å²) in [5.74, 6) is 0.929. The molecule has 0 bridgehead atoms. The summed E-state index contributed by atoms with van der Waals surface area (Å²) in [7, 11) is 0. The van der Waals surface area contributed by atoms with Gasteiger partial charge in [0.15, 0.2) is 0 Å². The Morgan fingerprint density at radius 3 is 2.85 bits per heavy atom. The predicted molar refractivity (Wildman–Crippen MR) is 87.0 cm³/mol. The van der Waals surface area contributed by atoms with Gasteiger partial charge in [-0.25, -0.2) is 4.98 Å². The van der Waals surface area contributed by atoms with Crippen molar-refractivity contribution in [1.82, 2.24) is 9.97 Å². The first-order valence-electron chi connectivity index (χ1n) is 6.57. The summed E-state index contributed by atoms with van der Waals surface area (Å²) in [4.78, 5) is 7.84. The lowest BCUT2D eigenvalue weighted by Gasteiger charge is -2.09. The molecule has 2 N–H and O–H groups in total. The highest BCUT2D eigenvalue weighted by molar-refractivity contribution is 9.10. The molecule has 2 heterocycles. The Bertz CT molecular complexity index is 762. The fraction of sp³-hybridized carbons (Fsp3) is 0.188. The highest BCUT2D eigenvalue weighted by Gasteiger charge is 2.08. The van der Waals surface area contributed by atoms with Crippen LogP contribution in [0.2, 0.25) is 0 Å². The van der Waals surface area contributed by atoms with Crippen molar-refractivity contribution in [3.05, 3.63) is 57.8 Å². The third-order valence-corrected chi connectivity index (χ3v) is 3.94. The third-order valence-electron chi connectivity index (χ3n) is 3.50. The van der Waals surface area contributed by atoms with Crippen LogP contribution in [0.1, 0.15) is 16.8 Å². The Morgan fingerprint density at radius 2 is 2.05 bits per heavy atom. The van der Waals surface area contributed by atoms with Gasteiger partial charge >= 0.3 is 0 Å². The van der Waals surface area contributed by atoms with E-state index in [4.69, 9.17) is 0 Å². The Hall–Kier alpha value is -1.81. The van der Waals surface area contributed by atoms with Crippen LogP contribution in [0.4, 0.5) is 5.82 Å². The van der Waals surface area contributed by atoms with E-state index in [0.717, 1.165) is 22.4 Å². The molecule has 2 aromatic heterocycles. The predicted octanol–water partition coefficient (Wildman–Crippen LogP) is 4.55. The average Bonchev–Trinajstić information content (AvgIpc) is 2.74. The number of anilines is 1. The minimum absolute atomic E-state index is 0.769. The highest BCUT2D eigenvalue weighted by Crippen LogP contribution is 2.23. The van der Waals surface area contributed by atoms with Crippen LogP contribution in [0.15, 0.2) is 41.0 Å². The molecule has 0 unspecified atom stereocenters. The number of nitrogens with zero attached hydrogens (tertiary/aromatic N) is 1. The molecule has 0 fully saturated rings. The molecule has 0 radical (unpaired) electrons. The van der Waals surface area contributed by atoms with Crippen molar-refractivity contribution in [2.45, 2.75) is 20.4 Å². The van der Waals surface area contributed by atoms with E-state index in [9.17, 15) is 0 Å². The minimum Gasteiger partial charge on any atom is -0.366 e. The number of rotatable bonds is 3. The van der Waals surface area contributed by atoms with Crippen molar-refractivity contribution >= 4 is 32.7 Å². The summed E-state index contributed by atoms with van der Waals surface area (Å²) in [6.45, 7) is 4.94. The van der Waals surface area contributed by atoms with Gasteiger partial charge in [0.05, 0.1) is 0 Å². The van der Waals surface area contributed by atoms with Gasteiger partial charge in [-0.3, -0.25) is 0 Å². The van der Waals surface area contributed by atoms with Gasteiger partial charge < -0.3 is 10.3 Å². The van der Waals surface area contributed by atoms with Gasteiger partial charge in [-0.15, -0.1) is 0 Å². The molecular weight excluding hydrogens is 314 g/mol. The van der Waals surface area contributed by atoms with Crippen molar-refractivity contribution in [2.24, 2.45) is 0 Å². The number of pyridine rings is 1. The largest absolute Gasteiger partial charge is 0.366 e. The van der Waals surface area contributed by atoms with Crippen LogP contribution in [0, 0.1) is 13.8 Å². The first-order valence-corrected chi connectivity index (χ1v) is 7.36. The molecule has 0 atom stereocenters. The molecule has 0 aliphatic carbocycles. The van der Waals surface area contributed by atoms with Crippen LogP contribution in [-0.2, 0) is 6.54 Å². The van der Waals surface area contributed by atoms with E-state index in [0.29, 0.717) is 0 Å². The lowest BCUT2D eigenvalue weighted by Crippen LogP contribution is -2.03. The molecule has 3 aromatic rings. The molecule has 0 amide bonds. The van der Waals surface area contributed by atoms with E-state index >= 15 is 0 Å². The maximum atomic E-state index is 4.42. The quantitative estimate of drug-likeness (QED) is 0.739. The molecular formula is C16H16BrN3. The number of fused-ring (bicyclic) bond motifs is 1. The van der Waals surface area contributed by atoms with Crippen molar-refractivity contribution in [3.8, 4) is 0 Å². The summed E-state index contributed by atoms with van der Waals surface area (Å²) in [6, 6.07) is 10.4. The van der Waals surface area contributed by atoms with Gasteiger partial charge in [0.1, 0.15) is 5.82 Å². The van der Waals surface area contributed by atoms with E-state index in [1.807, 2.05) is 6.20 Å². The SMILES string of the molecule is Cc1cc(Br)cnc1NCc1c(C)[nH]c2ccccc12. The van der Waals surface area contributed by atoms with Gasteiger partial charge in [-0.05, 0) is 53.0 Å². The lowest BCUT2D eigenvalue weighted by atomic mass is 10.1. The third kappa shape index (κ3) is 2.43. The van der Waals surface area contributed by atoms with Gasteiger partial charge in [0.25, 0.3) is 0 Å². The fourth-order valence-electron chi connectivity index (χ4n) is 2.46. The summed E-state index contributed by atoms with van der Waals surface area (Å²) in [6.07, 6.45) is 1.82. The summed E-state index contributed by atoms with van der Waals surface area (Å²) < 4.78 is 1.00. The van der Waals surface area contributed by atoms with Crippen molar-refractivity contribution < 1.29 is 0 Å². The number of para-hydroxylation sites is 1. The van der Waals surface area contributed by atoms with Crippen molar-refractivity contribution in [2.75, 3.05) is 5.32 Å². The molecule has 3 nitrogen and oxygen atoms in total. The van der Waals surface area contributed by atoms with Gasteiger partial charge in [-0.1, -0.05) is 18.2 Å². The molecule has 4 heteroatoms. The Kier molecular flexibility index (Phi) is 3.49. The first kappa shape index (κ1) is 13.2. The van der Waals surface area contributed by atoms with Crippen LogP contribution in [0.5, 0.6) is 0 Å². The Morgan fingerprint density at radius 1 is 1.25 bits per heavy atom. The number of aryl methyl sites for hydroxylation is 2. The topological polar surface area (TPSA) is 40.7 Å². The number of nitrogens with one attached hydrogen (secondary N) is 2. The average molecular weight is 330 g/mol. The first-order chi connectivity index (χ1) is 9.65. The maximum Gasteiger partial charge on any atom is 0.129 e.